The van der Waals surface area contributed by atoms with E-state index >= 15 is 0 Å². The van der Waals surface area contributed by atoms with E-state index in [0.717, 1.165) is 5.92 Å². The normalized spacial score (nSPS) is 16.8. The van der Waals surface area contributed by atoms with Crippen molar-refractivity contribution >= 4 is 0 Å². The smallest absolute Gasteiger partial charge is 0.00499 e. The average molecular weight is 254 g/mol. The van der Waals surface area contributed by atoms with Crippen LogP contribution in [0.1, 0.15) is 60.3 Å². The first-order valence-corrected chi connectivity index (χ1v) is 8.01. The van der Waals surface area contributed by atoms with Crippen LogP contribution in [-0.2, 0) is 0 Å². The molecule has 0 radical (unpaired) electrons. The van der Waals surface area contributed by atoms with Gasteiger partial charge in [0, 0.05) is 25.7 Å². The fourth-order valence-corrected chi connectivity index (χ4v) is 2.65. The van der Waals surface area contributed by atoms with Gasteiger partial charge in [-0.25, -0.2) is 0 Å². The molecule has 0 aliphatic heterocycles. The van der Waals surface area contributed by atoms with E-state index in [1.807, 2.05) is 0 Å². The second-order valence-electron chi connectivity index (χ2n) is 6.51. The molecule has 0 saturated heterocycles. The molecular formula is C16H34N2. The fourth-order valence-electron chi connectivity index (χ4n) is 2.65. The van der Waals surface area contributed by atoms with E-state index in [2.05, 4.69) is 44.8 Å². The monoisotopic (exact) mass is 254 g/mol. The van der Waals surface area contributed by atoms with E-state index in [1.54, 1.807) is 0 Å². The Bertz CT molecular complexity index is 217. The molecule has 0 aromatic rings. The Hall–Kier alpha value is -0.0800. The lowest BCUT2D eigenvalue weighted by Crippen LogP contribution is -2.45. The predicted molar refractivity (Wildman–Crippen MR) is 81.0 cm³/mol. The van der Waals surface area contributed by atoms with Crippen LogP contribution in [0.15, 0.2) is 0 Å². The Balaban J connectivity index is 2.51. The van der Waals surface area contributed by atoms with Crippen molar-refractivity contribution in [1.82, 2.24) is 10.2 Å². The Morgan fingerprint density at radius 1 is 1.17 bits per heavy atom. The lowest BCUT2D eigenvalue weighted by molar-refractivity contribution is 0.132. The molecule has 1 saturated carbocycles. The van der Waals surface area contributed by atoms with Gasteiger partial charge in [0.1, 0.15) is 0 Å². The Kier molecular flexibility index (Phi) is 6.65. The molecule has 108 valence electrons. The maximum Gasteiger partial charge on any atom is 0.00499 e. The molecule has 1 aliphatic rings. The predicted octanol–water partition coefficient (Wildman–Crippen LogP) is 3.52. The van der Waals surface area contributed by atoms with E-state index in [1.165, 1.54) is 51.9 Å². The average Bonchev–Trinajstić information content (AvgIpc) is 3.17. The third kappa shape index (κ3) is 5.27. The van der Waals surface area contributed by atoms with Crippen molar-refractivity contribution in [2.75, 3.05) is 26.2 Å². The topological polar surface area (TPSA) is 15.3 Å². The molecule has 0 amide bonds. The van der Waals surface area contributed by atoms with Crippen LogP contribution in [0, 0.1) is 11.3 Å². The van der Waals surface area contributed by atoms with Crippen molar-refractivity contribution in [3.63, 3.8) is 0 Å². The van der Waals surface area contributed by atoms with Gasteiger partial charge in [-0.05, 0) is 43.6 Å². The quantitative estimate of drug-likeness (QED) is 0.641. The van der Waals surface area contributed by atoms with E-state index in [4.69, 9.17) is 0 Å². The summed E-state index contributed by atoms with van der Waals surface area (Å²) in [5.74, 6) is 1.01. The first-order chi connectivity index (χ1) is 8.55. The second kappa shape index (κ2) is 7.49. The molecule has 0 aromatic heterocycles. The van der Waals surface area contributed by atoms with Crippen molar-refractivity contribution in [2.45, 2.75) is 66.3 Å². The molecule has 0 heterocycles. The van der Waals surface area contributed by atoms with Crippen LogP contribution < -0.4 is 5.32 Å². The molecule has 18 heavy (non-hydrogen) atoms. The maximum atomic E-state index is 3.66. The second-order valence-corrected chi connectivity index (χ2v) is 6.51. The SMILES string of the molecule is CCN(CC1CC1)CC(CC)(CC)CNC(C)C. The van der Waals surface area contributed by atoms with Gasteiger partial charge in [-0.2, -0.15) is 0 Å². The van der Waals surface area contributed by atoms with Gasteiger partial charge in [0.25, 0.3) is 0 Å². The summed E-state index contributed by atoms with van der Waals surface area (Å²) in [6, 6.07) is 0.598. The first kappa shape index (κ1) is 16.0. The zero-order valence-corrected chi connectivity index (χ0v) is 13.3. The van der Waals surface area contributed by atoms with Crippen LogP contribution in [-0.4, -0.2) is 37.1 Å². The standard InChI is InChI=1S/C16H34N2/c1-6-16(7-2,12-17-14(4)5)13-18(8-3)11-15-9-10-15/h14-15,17H,6-13H2,1-5H3. The third-order valence-corrected chi connectivity index (χ3v) is 4.60. The lowest BCUT2D eigenvalue weighted by Gasteiger charge is -2.38. The van der Waals surface area contributed by atoms with Crippen LogP contribution >= 0.6 is 0 Å². The van der Waals surface area contributed by atoms with Crippen molar-refractivity contribution < 1.29 is 0 Å². The van der Waals surface area contributed by atoms with Gasteiger partial charge >= 0.3 is 0 Å². The highest BCUT2D eigenvalue weighted by Gasteiger charge is 2.31. The molecule has 1 aliphatic carbocycles. The molecule has 0 aromatic carbocycles. The van der Waals surface area contributed by atoms with Crippen molar-refractivity contribution in [2.24, 2.45) is 11.3 Å². The number of nitrogens with zero attached hydrogens (tertiary/aromatic N) is 1. The molecule has 0 unspecified atom stereocenters. The van der Waals surface area contributed by atoms with Gasteiger partial charge < -0.3 is 10.2 Å². The van der Waals surface area contributed by atoms with E-state index in [0.29, 0.717) is 11.5 Å². The van der Waals surface area contributed by atoms with E-state index < -0.39 is 0 Å². The van der Waals surface area contributed by atoms with Crippen molar-refractivity contribution in [3.8, 4) is 0 Å². The molecule has 1 fully saturated rings. The minimum absolute atomic E-state index is 0.467. The number of rotatable bonds is 10. The van der Waals surface area contributed by atoms with Gasteiger partial charge in [0.2, 0.25) is 0 Å². The molecule has 0 spiro atoms. The summed E-state index contributed by atoms with van der Waals surface area (Å²) >= 11 is 0. The third-order valence-electron chi connectivity index (χ3n) is 4.60. The maximum absolute atomic E-state index is 3.66. The minimum Gasteiger partial charge on any atom is -0.314 e. The van der Waals surface area contributed by atoms with Gasteiger partial charge in [0.05, 0.1) is 0 Å². The molecule has 2 nitrogen and oxygen atoms in total. The summed E-state index contributed by atoms with van der Waals surface area (Å²) in [5.41, 5.74) is 0.467. The summed E-state index contributed by atoms with van der Waals surface area (Å²) < 4.78 is 0. The summed E-state index contributed by atoms with van der Waals surface area (Å²) in [6.45, 7) is 16.5. The van der Waals surface area contributed by atoms with Gasteiger partial charge in [-0.1, -0.05) is 34.6 Å². The van der Waals surface area contributed by atoms with Crippen molar-refractivity contribution in [1.29, 1.82) is 0 Å². The zero-order valence-electron chi connectivity index (χ0n) is 13.3. The van der Waals surface area contributed by atoms with Crippen LogP contribution in [0.2, 0.25) is 0 Å². The first-order valence-electron chi connectivity index (χ1n) is 8.01. The van der Waals surface area contributed by atoms with E-state index in [-0.39, 0.29) is 0 Å². The van der Waals surface area contributed by atoms with Crippen LogP contribution in [0.25, 0.3) is 0 Å². The molecule has 0 bridgehead atoms. The highest BCUT2D eigenvalue weighted by Crippen LogP contribution is 2.32. The fraction of sp³-hybridized carbons (Fsp3) is 1.00. The number of hydrogen-bond donors (Lipinski definition) is 1. The van der Waals surface area contributed by atoms with Crippen LogP contribution in [0.3, 0.4) is 0 Å². The Morgan fingerprint density at radius 2 is 1.78 bits per heavy atom. The van der Waals surface area contributed by atoms with E-state index in [9.17, 15) is 0 Å². The minimum atomic E-state index is 0.467. The van der Waals surface area contributed by atoms with Crippen molar-refractivity contribution in [3.05, 3.63) is 0 Å². The highest BCUT2D eigenvalue weighted by atomic mass is 15.1. The number of nitrogens with one attached hydrogen (secondary N) is 1. The Labute approximate surface area is 115 Å². The summed E-state index contributed by atoms with van der Waals surface area (Å²) in [4.78, 5) is 2.69. The molecule has 1 rings (SSSR count). The molecule has 0 atom stereocenters. The molecular weight excluding hydrogens is 220 g/mol. The van der Waals surface area contributed by atoms with Crippen LogP contribution in [0.4, 0.5) is 0 Å². The molecule has 2 heteroatoms. The van der Waals surface area contributed by atoms with Gasteiger partial charge in [0.15, 0.2) is 0 Å². The highest BCUT2D eigenvalue weighted by molar-refractivity contribution is 4.85. The summed E-state index contributed by atoms with van der Waals surface area (Å²) in [7, 11) is 0. The largest absolute Gasteiger partial charge is 0.314 e. The molecule has 1 N–H and O–H groups in total. The summed E-state index contributed by atoms with van der Waals surface area (Å²) in [5, 5.41) is 3.66. The van der Waals surface area contributed by atoms with Gasteiger partial charge in [-0.3, -0.25) is 0 Å². The lowest BCUT2D eigenvalue weighted by atomic mass is 9.81. The van der Waals surface area contributed by atoms with Gasteiger partial charge in [-0.15, -0.1) is 0 Å². The summed E-state index contributed by atoms with van der Waals surface area (Å²) in [6.07, 6.45) is 5.49. The zero-order chi connectivity index (χ0) is 13.6. The van der Waals surface area contributed by atoms with Crippen LogP contribution in [0.5, 0.6) is 0 Å². The number of hydrogen-bond acceptors (Lipinski definition) is 2. The Morgan fingerprint density at radius 3 is 2.17 bits per heavy atom.